The van der Waals surface area contributed by atoms with E-state index in [0.29, 0.717) is 11.8 Å². The van der Waals surface area contributed by atoms with Crippen molar-refractivity contribution in [2.75, 3.05) is 6.61 Å². The number of aromatic nitrogens is 1. The molecule has 1 fully saturated rings. The fraction of sp³-hybridized carbons (Fsp3) is 0.389. The van der Waals surface area contributed by atoms with Gasteiger partial charge in [-0.15, -0.1) is 0 Å². The van der Waals surface area contributed by atoms with E-state index >= 15 is 0 Å². The lowest BCUT2D eigenvalue weighted by molar-refractivity contribution is 0.0920. The van der Waals surface area contributed by atoms with Crippen molar-refractivity contribution in [1.29, 1.82) is 0 Å². The van der Waals surface area contributed by atoms with Crippen LogP contribution in [0.15, 0.2) is 28.7 Å². The van der Waals surface area contributed by atoms with E-state index in [9.17, 15) is 4.79 Å². The van der Waals surface area contributed by atoms with Gasteiger partial charge in [-0.2, -0.15) is 0 Å². The first-order valence-electron chi connectivity index (χ1n) is 7.58. The Balaban J connectivity index is 1.73. The first-order valence-corrected chi connectivity index (χ1v) is 8.37. The first-order chi connectivity index (χ1) is 10.5. The third-order valence-electron chi connectivity index (χ3n) is 4.14. The van der Waals surface area contributed by atoms with Crippen molar-refractivity contribution in [1.82, 2.24) is 4.57 Å². The predicted molar refractivity (Wildman–Crippen MR) is 90.9 cm³/mol. The maximum absolute atomic E-state index is 12.5. The lowest BCUT2D eigenvalue weighted by Gasteiger charge is -2.09. The van der Waals surface area contributed by atoms with Crippen LogP contribution in [0.4, 0.5) is 0 Å². The van der Waals surface area contributed by atoms with E-state index in [1.807, 2.05) is 38.1 Å². The molecular formula is C18H20BrNO2. The summed E-state index contributed by atoms with van der Waals surface area (Å²) in [7, 11) is 0. The molecule has 0 radical (unpaired) electrons. The molecule has 0 saturated heterocycles. The summed E-state index contributed by atoms with van der Waals surface area (Å²) < 4.78 is 8.85. The van der Waals surface area contributed by atoms with E-state index in [0.717, 1.165) is 21.3 Å². The molecule has 1 saturated carbocycles. The average Bonchev–Trinajstić information content (AvgIpc) is 3.24. The molecule has 2 aromatic rings. The third-order valence-corrected chi connectivity index (χ3v) is 4.76. The molecule has 0 bridgehead atoms. The summed E-state index contributed by atoms with van der Waals surface area (Å²) in [4.78, 5) is 12.5. The zero-order chi connectivity index (χ0) is 15.9. The van der Waals surface area contributed by atoms with Crippen molar-refractivity contribution in [3.05, 3.63) is 51.3 Å². The van der Waals surface area contributed by atoms with E-state index in [4.69, 9.17) is 4.74 Å². The smallest absolute Gasteiger partial charge is 0.202 e. The van der Waals surface area contributed by atoms with Crippen LogP contribution in [0.1, 0.15) is 46.2 Å². The minimum absolute atomic E-state index is 0.0347. The van der Waals surface area contributed by atoms with E-state index < -0.39 is 0 Å². The van der Waals surface area contributed by atoms with Crippen molar-refractivity contribution in [2.45, 2.75) is 39.7 Å². The molecule has 1 aliphatic carbocycles. The number of hydrogen-bond donors (Lipinski definition) is 0. The van der Waals surface area contributed by atoms with Gasteiger partial charge in [0.25, 0.3) is 0 Å². The summed E-state index contributed by atoms with van der Waals surface area (Å²) in [5.74, 6) is 0.738. The minimum Gasteiger partial charge on any atom is -0.484 e. The van der Waals surface area contributed by atoms with Gasteiger partial charge in [0.15, 0.2) is 6.61 Å². The molecule has 4 heteroatoms. The van der Waals surface area contributed by atoms with Crippen LogP contribution in [-0.4, -0.2) is 17.0 Å². The topological polar surface area (TPSA) is 31.2 Å². The van der Waals surface area contributed by atoms with Crippen LogP contribution in [0.3, 0.4) is 0 Å². The molecule has 1 heterocycles. The summed E-state index contributed by atoms with van der Waals surface area (Å²) in [6, 6.07) is 8.43. The molecule has 22 heavy (non-hydrogen) atoms. The largest absolute Gasteiger partial charge is 0.484 e. The van der Waals surface area contributed by atoms with Gasteiger partial charge >= 0.3 is 0 Å². The van der Waals surface area contributed by atoms with Crippen LogP contribution in [0, 0.1) is 20.8 Å². The van der Waals surface area contributed by atoms with Gasteiger partial charge in [0.05, 0.1) is 4.47 Å². The van der Waals surface area contributed by atoms with Crippen molar-refractivity contribution in [2.24, 2.45) is 0 Å². The Bertz CT molecular complexity index is 729. The van der Waals surface area contributed by atoms with E-state index in [1.165, 1.54) is 18.5 Å². The second-order valence-electron chi connectivity index (χ2n) is 6.03. The zero-order valence-electron chi connectivity index (χ0n) is 13.1. The van der Waals surface area contributed by atoms with Crippen molar-refractivity contribution in [3.63, 3.8) is 0 Å². The van der Waals surface area contributed by atoms with Gasteiger partial charge in [-0.05, 0) is 73.3 Å². The number of nitrogens with zero attached hydrogens (tertiary/aromatic N) is 1. The van der Waals surface area contributed by atoms with Crippen molar-refractivity contribution in [3.8, 4) is 5.75 Å². The van der Waals surface area contributed by atoms with E-state index in [1.54, 1.807) is 0 Å². The summed E-state index contributed by atoms with van der Waals surface area (Å²) in [6.07, 6.45) is 2.44. The Morgan fingerprint density at radius 2 is 2.00 bits per heavy atom. The fourth-order valence-electron chi connectivity index (χ4n) is 2.90. The second-order valence-corrected chi connectivity index (χ2v) is 6.89. The van der Waals surface area contributed by atoms with Gasteiger partial charge in [-0.3, -0.25) is 4.79 Å². The molecule has 3 rings (SSSR count). The highest BCUT2D eigenvalue weighted by molar-refractivity contribution is 9.10. The maximum Gasteiger partial charge on any atom is 0.202 e. The molecule has 116 valence electrons. The number of ether oxygens (including phenoxy) is 1. The number of rotatable bonds is 5. The van der Waals surface area contributed by atoms with E-state index in [2.05, 4.69) is 27.4 Å². The van der Waals surface area contributed by atoms with Crippen LogP contribution >= 0.6 is 15.9 Å². The Morgan fingerprint density at radius 1 is 1.27 bits per heavy atom. The number of ketones is 1. The summed E-state index contributed by atoms with van der Waals surface area (Å²) >= 11 is 3.47. The molecule has 0 atom stereocenters. The highest BCUT2D eigenvalue weighted by Gasteiger charge is 2.28. The van der Waals surface area contributed by atoms with Crippen molar-refractivity contribution >= 4 is 21.7 Å². The van der Waals surface area contributed by atoms with Crippen molar-refractivity contribution < 1.29 is 9.53 Å². The number of carbonyl (C=O) groups is 1. The average molecular weight is 362 g/mol. The zero-order valence-corrected chi connectivity index (χ0v) is 14.7. The number of benzene rings is 1. The van der Waals surface area contributed by atoms with Crippen LogP contribution in [0.2, 0.25) is 0 Å². The Labute approximate surface area is 139 Å². The fourth-order valence-corrected chi connectivity index (χ4v) is 3.51. The standard InChI is InChI=1S/C18H20BrNO2/c1-11-4-7-18(16(19)8-11)22-10-17(21)15-9-12(2)20(13(15)3)14-5-6-14/h4,7-9,14H,5-6,10H2,1-3H3. The molecule has 0 spiro atoms. The minimum atomic E-state index is 0.0347. The normalized spacial score (nSPS) is 14.2. The summed E-state index contributed by atoms with van der Waals surface area (Å²) in [5, 5.41) is 0. The van der Waals surface area contributed by atoms with Crippen LogP contribution < -0.4 is 4.74 Å². The highest BCUT2D eigenvalue weighted by atomic mass is 79.9. The number of carbonyl (C=O) groups excluding carboxylic acids is 1. The predicted octanol–water partition coefficient (Wildman–Crippen LogP) is 4.77. The number of aryl methyl sites for hydroxylation is 2. The molecule has 0 unspecified atom stereocenters. The van der Waals surface area contributed by atoms with Crippen LogP contribution in [-0.2, 0) is 0 Å². The van der Waals surface area contributed by atoms with Gasteiger partial charge in [-0.25, -0.2) is 0 Å². The molecule has 1 aliphatic rings. The monoisotopic (exact) mass is 361 g/mol. The third kappa shape index (κ3) is 2.98. The molecule has 1 aromatic carbocycles. The number of Topliss-reactive ketones (excluding diaryl/α,β-unsaturated/α-hetero) is 1. The lowest BCUT2D eigenvalue weighted by atomic mass is 10.1. The highest BCUT2D eigenvalue weighted by Crippen LogP contribution is 2.38. The molecule has 0 amide bonds. The summed E-state index contributed by atoms with van der Waals surface area (Å²) in [5.41, 5.74) is 4.17. The van der Waals surface area contributed by atoms with Gasteiger partial charge in [-0.1, -0.05) is 6.07 Å². The Morgan fingerprint density at radius 3 is 2.64 bits per heavy atom. The molecule has 0 aliphatic heterocycles. The quantitative estimate of drug-likeness (QED) is 0.718. The van der Waals surface area contributed by atoms with E-state index in [-0.39, 0.29) is 12.4 Å². The molecule has 1 aromatic heterocycles. The van der Waals surface area contributed by atoms with Gasteiger partial charge in [0.2, 0.25) is 5.78 Å². The Hall–Kier alpha value is -1.55. The summed E-state index contributed by atoms with van der Waals surface area (Å²) in [6.45, 7) is 6.18. The lowest BCUT2D eigenvalue weighted by Crippen LogP contribution is -2.13. The van der Waals surface area contributed by atoms with Gasteiger partial charge in [0.1, 0.15) is 5.75 Å². The van der Waals surface area contributed by atoms with Gasteiger partial charge < -0.3 is 9.30 Å². The number of halogens is 1. The SMILES string of the molecule is Cc1ccc(OCC(=O)c2cc(C)n(C3CC3)c2C)c(Br)c1. The molecule has 3 nitrogen and oxygen atoms in total. The maximum atomic E-state index is 12.5. The van der Waals surface area contributed by atoms with Crippen LogP contribution in [0.5, 0.6) is 5.75 Å². The first kappa shape index (κ1) is 15.3. The Kier molecular flexibility index (Phi) is 4.13. The molecule has 0 N–H and O–H groups in total. The molecular weight excluding hydrogens is 342 g/mol. The second kappa shape index (κ2) is 5.92. The van der Waals surface area contributed by atoms with Gasteiger partial charge in [0, 0.05) is 23.0 Å². The number of hydrogen-bond acceptors (Lipinski definition) is 2. The van der Waals surface area contributed by atoms with Crippen LogP contribution in [0.25, 0.3) is 0 Å².